The molecule has 0 bridgehead atoms. The normalized spacial score (nSPS) is 16.9. The molecule has 0 spiro atoms. The molecule has 224 valence electrons. The molecule has 1 aromatic heterocycles. The molecular weight excluding hydrogens is 621 g/mol. The molecule has 2 N–H and O–H groups in total. The lowest BCUT2D eigenvalue weighted by atomic mass is 9.91. The van der Waals surface area contributed by atoms with Crippen molar-refractivity contribution >= 4 is 46.4 Å². The van der Waals surface area contributed by atoms with Crippen LogP contribution >= 0.6 is 34.5 Å². The second kappa shape index (κ2) is 11.6. The summed E-state index contributed by atoms with van der Waals surface area (Å²) in [6, 6.07) is 2.85. The molecule has 1 atom stereocenters. The van der Waals surface area contributed by atoms with E-state index >= 15 is 0 Å². The van der Waals surface area contributed by atoms with E-state index in [1.165, 1.54) is 4.90 Å². The van der Waals surface area contributed by atoms with Crippen molar-refractivity contribution in [3.05, 3.63) is 38.4 Å². The second-order valence-corrected chi connectivity index (χ2v) is 12.0. The van der Waals surface area contributed by atoms with Crippen molar-refractivity contribution in [3.8, 4) is 16.5 Å². The number of thiazole rings is 1. The summed E-state index contributed by atoms with van der Waals surface area (Å²) in [5, 5.41) is 19.2. The van der Waals surface area contributed by atoms with E-state index in [1.54, 1.807) is 20.8 Å². The molecular formula is C25H24Cl2F6N4O3S. The van der Waals surface area contributed by atoms with E-state index in [1.807, 2.05) is 6.07 Å². The fourth-order valence-corrected chi connectivity index (χ4v) is 5.79. The minimum atomic E-state index is -6.21. The Morgan fingerprint density at radius 3 is 2.29 bits per heavy atom. The molecule has 7 nitrogen and oxygen atoms in total. The summed E-state index contributed by atoms with van der Waals surface area (Å²) in [6.45, 7) is 5.21. The van der Waals surface area contributed by atoms with Gasteiger partial charge in [-0.3, -0.25) is 9.59 Å². The van der Waals surface area contributed by atoms with Crippen molar-refractivity contribution < 1.29 is 41.0 Å². The number of aromatic nitrogens is 1. The van der Waals surface area contributed by atoms with E-state index in [0.717, 1.165) is 12.5 Å². The number of nitrogens with one attached hydrogen (secondary N) is 1. The number of benzene rings is 1. The molecule has 0 radical (unpaired) electrons. The summed E-state index contributed by atoms with van der Waals surface area (Å²) < 4.78 is 81.1. The summed E-state index contributed by atoms with van der Waals surface area (Å²) in [5.41, 5.74) is -8.62. The molecule has 2 amide bonds. The minimum absolute atomic E-state index is 0.0849. The first-order valence-electron chi connectivity index (χ1n) is 12.1. The van der Waals surface area contributed by atoms with Crippen LogP contribution in [0.4, 0.5) is 26.3 Å². The molecule has 41 heavy (non-hydrogen) atoms. The Morgan fingerprint density at radius 2 is 1.76 bits per heavy atom. The van der Waals surface area contributed by atoms with Crippen LogP contribution in [0.5, 0.6) is 0 Å². The Balaban J connectivity index is 2.19. The number of hydrogen-bond acceptors (Lipinski definition) is 6. The molecule has 16 heteroatoms. The lowest BCUT2D eigenvalue weighted by Crippen LogP contribution is -2.54. The van der Waals surface area contributed by atoms with Crippen LogP contribution in [-0.4, -0.2) is 58.3 Å². The van der Waals surface area contributed by atoms with Crippen molar-refractivity contribution in [3.63, 3.8) is 0 Å². The number of piperidine rings is 1. The monoisotopic (exact) mass is 644 g/mol. The fraction of sp³-hybridized carbons (Fsp3) is 0.520. The molecule has 1 fully saturated rings. The van der Waals surface area contributed by atoms with Crippen LogP contribution in [-0.2, 0) is 5.60 Å². The number of likely N-dealkylation sites (tertiary alicyclic amines) is 1. The summed E-state index contributed by atoms with van der Waals surface area (Å²) in [7, 11) is 0. The van der Waals surface area contributed by atoms with Crippen LogP contribution in [0.2, 0.25) is 10.0 Å². The fourth-order valence-electron chi connectivity index (χ4n) is 4.17. The van der Waals surface area contributed by atoms with Crippen LogP contribution in [0.15, 0.2) is 12.1 Å². The van der Waals surface area contributed by atoms with E-state index in [4.69, 9.17) is 23.2 Å². The number of alkyl halides is 6. The molecule has 3 rings (SSSR count). The molecule has 1 aliphatic heterocycles. The van der Waals surface area contributed by atoms with Crippen LogP contribution in [0.3, 0.4) is 0 Å². The lowest BCUT2D eigenvalue weighted by molar-refractivity contribution is -0.376. The number of nitriles is 1. The van der Waals surface area contributed by atoms with E-state index in [-0.39, 0.29) is 33.7 Å². The maximum absolute atomic E-state index is 13.6. The van der Waals surface area contributed by atoms with Gasteiger partial charge in [-0.1, -0.05) is 35.3 Å². The zero-order valence-corrected chi connectivity index (χ0v) is 24.1. The smallest absolute Gasteiger partial charge is 0.369 e. The average Bonchev–Trinajstić information content (AvgIpc) is 3.32. The van der Waals surface area contributed by atoms with Gasteiger partial charge in [0, 0.05) is 30.3 Å². The highest BCUT2D eigenvalue weighted by molar-refractivity contribution is 7.17. The summed E-state index contributed by atoms with van der Waals surface area (Å²) in [4.78, 5) is 32.0. The van der Waals surface area contributed by atoms with Crippen molar-refractivity contribution in [2.45, 2.75) is 64.0 Å². The van der Waals surface area contributed by atoms with Gasteiger partial charge in [-0.05, 0) is 40.0 Å². The van der Waals surface area contributed by atoms with E-state index in [9.17, 15) is 46.3 Å². The molecule has 2 heterocycles. The molecule has 1 aromatic carbocycles. The first-order valence-corrected chi connectivity index (χ1v) is 13.7. The lowest BCUT2D eigenvalue weighted by Gasteiger charge is -2.34. The average molecular weight is 645 g/mol. The van der Waals surface area contributed by atoms with Gasteiger partial charge in [0.15, 0.2) is 5.01 Å². The molecule has 0 saturated carbocycles. The first-order chi connectivity index (χ1) is 18.8. The number of hydrogen-bond donors (Lipinski definition) is 2. The van der Waals surface area contributed by atoms with Gasteiger partial charge in [0.25, 0.3) is 17.4 Å². The number of halogens is 8. The van der Waals surface area contributed by atoms with Gasteiger partial charge < -0.3 is 15.3 Å². The number of carbonyl (C=O) groups excluding carboxylic acids is 2. The highest BCUT2D eigenvalue weighted by Gasteiger charge is 2.72. The van der Waals surface area contributed by atoms with Crippen molar-refractivity contribution in [2.24, 2.45) is 5.41 Å². The highest BCUT2D eigenvalue weighted by Crippen LogP contribution is 2.54. The van der Waals surface area contributed by atoms with Gasteiger partial charge in [-0.2, -0.15) is 31.6 Å². The molecule has 1 saturated heterocycles. The Morgan fingerprint density at radius 1 is 1.15 bits per heavy atom. The number of aliphatic hydroxyl groups is 1. The third-order valence-corrected chi connectivity index (χ3v) is 8.59. The summed E-state index contributed by atoms with van der Waals surface area (Å²) in [5.74, 6) is -1.40. The van der Waals surface area contributed by atoms with Crippen LogP contribution in [0.25, 0.3) is 10.4 Å². The van der Waals surface area contributed by atoms with Gasteiger partial charge in [0.1, 0.15) is 5.69 Å². The number of rotatable bonds is 6. The number of nitrogens with zero attached hydrogens (tertiary/aromatic N) is 3. The number of carbonyl (C=O) groups is 2. The quantitative estimate of drug-likeness (QED) is 0.340. The van der Waals surface area contributed by atoms with Gasteiger partial charge in [-0.15, -0.1) is 11.3 Å². The second-order valence-electron chi connectivity index (χ2n) is 10.2. The molecule has 1 aliphatic rings. The Kier molecular flexibility index (Phi) is 9.30. The number of amides is 2. The third kappa shape index (κ3) is 6.28. The Labute approximate surface area is 245 Å². The first kappa shape index (κ1) is 32.9. The van der Waals surface area contributed by atoms with Crippen LogP contribution < -0.4 is 5.32 Å². The van der Waals surface area contributed by atoms with Gasteiger partial charge in [-0.25, -0.2) is 4.98 Å². The zero-order chi connectivity index (χ0) is 31.1. The Hall–Kier alpha value is -2.60. The predicted molar refractivity (Wildman–Crippen MR) is 140 cm³/mol. The standard InChI is InChI=1S/C25H24Cl2F6N4O3S/c1-12-6-4-5-9-37(12)21(39)17-18(41-20(36-17)19(38)35-11-22(2,3)10-34)13-7-8-14(16(27)15(13)26)23(40,24(28,29)30)25(31,32)33/h7-8,12,40H,4-6,9,11H2,1-3H3,(H,35,38). The largest absolute Gasteiger partial charge is 0.430 e. The van der Waals surface area contributed by atoms with E-state index in [2.05, 4.69) is 10.3 Å². The summed E-state index contributed by atoms with van der Waals surface area (Å²) >= 11 is 12.7. The molecule has 1 unspecified atom stereocenters. The third-order valence-electron chi connectivity index (χ3n) is 6.62. The maximum atomic E-state index is 13.6. The van der Waals surface area contributed by atoms with Gasteiger partial charge in [0.2, 0.25) is 0 Å². The van der Waals surface area contributed by atoms with E-state index in [0.29, 0.717) is 36.8 Å². The zero-order valence-electron chi connectivity index (χ0n) is 21.8. The molecule has 2 aromatic rings. The molecule has 0 aliphatic carbocycles. The maximum Gasteiger partial charge on any atom is 0.430 e. The van der Waals surface area contributed by atoms with Crippen molar-refractivity contribution in [1.82, 2.24) is 15.2 Å². The highest BCUT2D eigenvalue weighted by atomic mass is 35.5. The SMILES string of the molecule is CC1CCCCN1C(=O)c1nc(C(=O)NCC(C)(C)C#N)sc1-c1ccc(C(O)(C(F)(F)F)C(F)(F)F)c(Cl)c1Cl. The van der Waals surface area contributed by atoms with Gasteiger partial charge in [0.05, 0.1) is 26.4 Å². The van der Waals surface area contributed by atoms with E-state index < -0.39 is 50.8 Å². The minimum Gasteiger partial charge on any atom is -0.369 e. The van der Waals surface area contributed by atoms with Crippen LogP contribution in [0.1, 0.15) is 65.9 Å². The van der Waals surface area contributed by atoms with Crippen LogP contribution in [0, 0.1) is 16.7 Å². The predicted octanol–water partition coefficient (Wildman–Crippen LogP) is 6.72. The van der Waals surface area contributed by atoms with Gasteiger partial charge >= 0.3 is 12.4 Å². The Bertz CT molecular complexity index is 1370. The summed E-state index contributed by atoms with van der Waals surface area (Å²) in [6.07, 6.45) is -10.2. The van der Waals surface area contributed by atoms with Crippen molar-refractivity contribution in [2.75, 3.05) is 13.1 Å². The topological polar surface area (TPSA) is 106 Å². The van der Waals surface area contributed by atoms with Crippen molar-refractivity contribution in [1.29, 1.82) is 5.26 Å².